The van der Waals surface area contributed by atoms with Crippen LogP contribution < -0.4 is 5.32 Å². The molecule has 0 aromatic heterocycles. The van der Waals surface area contributed by atoms with E-state index in [9.17, 15) is 18.0 Å². The Labute approximate surface area is 195 Å². The minimum absolute atomic E-state index is 0.0191. The van der Waals surface area contributed by atoms with Gasteiger partial charge in [-0.2, -0.15) is 4.31 Å². The van der Waals surface area contributed by atoms with Gasteiger partial charge in [0.15, 0.2) is 0 Å². The summed E-state index contributed by atoms with van der Waals surface area (Å²) < 4.78 is 27.2. The molecule has 2 heterocycles. The van der Waals surface area contributed by atoms with Crippen LogP contribution in [0, 0.1) is 6.92 Å². The topological polar surface area (TPSA) is 90.0 Å². The van der Waals surface area contributed by atoms with Crippen molar-refractivity contribution < 1.29 is 18.0 Å². The molecule has 0 saturated carbocycles. The van der Waals surface area contributed by atoms with Crippen LogP contribution in [0.25, 0.3) is 0 Å². The Hall–Kier alpha value is -2.91. The predicted octanol–water partition coefficient (Wildman–Crippen LogP) is 2.37. The molecule has 2 aromatic carbocycles. The van der Waals surface area contributed by atoms with Crippen molar-refractivity contribution in [2.45, 2.75) is 37.2 Å². The summed E-state index contributed by atoms with van der Waals surface area (Å²) in [6, 6.07) is 16.0. The standard InChI is InChI=1S/C24H30N4O4S/c1-18-8-10-22(11-9-18)33(31,32)27-14-12-26(13-15-27)24(30)25-21-16-23(29)28(17-21)19(2)20-6-4-3-5-7-20/h3-11,19,21H,12-17H2,1-2H3,(H,25,30). The van der Waals surface area contributed by atoms with E-state index in [1.54, 1.807) is 34.1 Å². The monoisotopic (exact) mass is 470 g/mol. The molecule has 2 fully saturated rings. The predicted molar refractivity (Wildman–Crippen MR) is 125 cm³/mol. The SMILES string of the molecule is Cc1ccc(S(=O)(=O)N2CCN(C(=O)NC3CC(=O)N(C(C)c4ccccc4)C3)CC2)cc1. The maximum Gasteiger partial charge on any atom is 0.317 e. The summed E-state index contributed by atoms with van der Waals surface area (Å²) in [5.74, 6) is 0.0191. The second-order valence-corrected chi connectivity index (χ2v) is 10.6. The lowest BCUT2D eigenvalue weighted by Crippen LogP contribution is -2.54. The van der Waals surface area contributed by atoms with E-state index in [1.165, 1.54) is 4.31 Å². The fraction of sp³-hybridized carbons (Fsp3) is 0.417. The van der Waals surface area contributed by atoms with Crippen LogP contribution in [0.2, 0.25) is 0 Å². The van der Waals surface area contributed by atoms with Crippen molar-refractivity contribution in [3.63, 3.8) is 0 Å². The van der Waals surface area contributed by atoms with E-state index in [0.29, 0.717) is 19.6 Å². The third-order valence-corrected chi connectivity index (χ3v) is 8.33. The van der Waals surface area contributed by atoms with Crippen LogP contribution in [0.4, 0.5) is 4.79 Å². The third-order valence-electron chi connectivity index (χ3n) is 6.42. The van der Waals surface area contributed by atoms with Crippen LogP contribution in [0.5, 0.6) is 0 Å². The van der Waals surface area contributed by atoms with Crippen LogP contribution in [0.3, 0.4) is 0 Å². The summed E-state index contributed by atoms with van der Waals surface area (Å²) >= 11 is 0. The number of aryl methyl sites for hydroxylation is 1. The van der Waals surface area contributed by atoms with Gasteiger partial charge < -0.3 is 15.1 Å². The summed E-state index contributed by atoms with van der Waals surface area (Å²) in [7, 11) is -3.58. The molecule has 0 radical (unpaired) electrons. The molecular weight excluding hydrogens is 440 g/mol. The molecule has 0 spiro atoms. The highest BCUT2D eigenvalue weighted by molar-refractivity contribution is 7.89. The van der Waals surface area contributed by atoms with E-state index in [2.05, 4.69) is 5.32 Å². The molecule has 2 atom stereocenters. The highest BCUT2D eigenvalue weighted by Crippen LogP contribution is 2.26. The van der Waals surface area contributed by atoms with Gasteiger partial charge in [0, 0.05) is 39.1 Å². The summed E-state index contributed by atoms with van der Waals surface area (Å²) in [6.45, 7) is 5.46. The average Bonchev–Trinajstić information content (AvgIpc) is 3.19. The largest absolute Gasteiger partial charge is 0.334 e. The maximum absolute atomic E-state index is 12.9. The fourth-order valence-corrected chi connectivity index (χ4v) is 5.79. The average molecular weight is 471 g/mol. The molecule has 8 nitrogen and oxygen atoms in total. The van der Waals surface area contributed by atoms with Crippen LogP contribution in [-0.2, 0) is 14.8 Å². The van der Waals surface area contributed by atoms with Crippen molar-refractivity contribution >= 4 is 22.0 Å². The van der Waals surface area contributed by atoms with E-state index in [1.807, 2.05) is 44.2 Å². The van der Waals surface area contributed by atoms with Crippen molar-refractivity contribution in [3.05, 3.63) is 65.7 Å². The second-order valence-electron chi connectivity index (χ2n) is 8.69. The second kappa shape index (κ2) is 9.52. The number of rotatable bonds is 5. The molecule has 2 unspecified atom stereocenters. The van der Waals surface area contributed by atoms with Crippen molar-refractivity contribution in [3.8, 4) is 0 Å². The molecule has 0 bridgehead atoms. The molecule has 2 saturated heterocycles. The van der Waals surface area contributed by atoms with Crippen LogP contribution in [0.1, 0.15) is 30.5 Å². The van der Waals surface area contributed by atoms with E-state index in [-0.39, 0.29) is 48.4 Å². The number of sulfonamides is 1. The molecule has 176 valence electrons. The summed E-state index contributed by atoms with van der Waals surface area (Å²) in [5.41, 5.74) is 2.06. The van der Waals surface area contributed by atoms with Gasteiger partial charge in [0.05, 0.1) is 17.0 Å². The van der Waals surface area contributed by atoms with Gasteiger partial charge >= 0.3 is 6.03 Å². The first-order valence-corrected chi connectivity index (χ1v) is 12.7. The number of piperazine rings is 1. The molecule has 0 aliphatic carbocycles. The maximum atomic E-state index is 12.9. The molecule has 3 amide bonds. The Bertz CT molecular complexity index is 1100. The van der Waals surface area contributed by atoms with Gasteiger partial charge in [-0.25, -0.2) is 13.2 Å². The number of carbonyl (C=O) groups is 2. The zero-order valence-electron chi connectivity index (χ0n) is 19.0. The Morgan fingerprint density at radius 3 is 2.27 bits per heavy atom. The Morgan fingerprint density at radius 2 is 1.64 bits per heavy atom. The number of benzene rings is 2. The van der Waals surface area contributed by atoms with Gasteiger partial charge in [-0.3, -0.25) is 4.79 Å². The number of urea groups is 1. The lowest BCUT2D eigenvalue weighted by atomic mass is 10.1. The van der Waals surface area contributed by atoms with Crippen molar-refractivity contribution in [2.24, 2.45) is 0 Å². The summed E-state index contributed by atoms with van der Waals surface area (Å²) in [4.78, 5) is 29.0. The first kappa shape index (κ1) is 23.3. The van der Waals surface area contributed by atoms with Crippen LogP contribution in [0.15, 0.2) is 59.5 Å². The van der Waals surface area contributed by atoms with Gasteiger partial charge in [0.2, 0.25) is 15.9 Å². The fourth-order valence-electron chi connectivity index (χ4n) is 4.37. The minimum Gasteiger partial charge on any atom is -0.334 e. The number of amides is 3. The lowest BCUT2D eigenvalue weighted by molar-refractivity contribution is -0.129. The Kier molecular flexibility index (Phi) is 6.71. The third kappa shape index (κ3) is 5.04. The zero-order chi connectivity index (χ0) is 23.6. The van der Waals surface area contributed by atoms with E-state index >= 15 is 0 Å². The Balaban J connectivity index is 1.30. The van der Waals surface area contributed by atoms with E-state index in [4.69, 9.17) is 0 Å². The normalized spacial score (nSPS) is 20.7. The number of nitrogens with zero attached hydrogens (tertiary/aromatic N) is 3. The molecule has 4 rings (SSSR count). The van der Waals surface area contributed by atoms with Gasteiger partial charge in [-0.15, -0.1) is 0 Å². The molecule has 2 aromatic rings. The quantitative estimate of drug-likeness (QED) is 0.727. The van der Waals surface area contributed by atoms with Crippen molar-refractivity contribution in [2.75, 3.05) is 32.7 Å². The highest BCUT2D eigenvalue weighted by atomic mass is 32.2. The van der Waals surface area contributed by atoms with Gasteiger partial charge in [-0.05, 0) is 31.5 Å². The lowest BCUT2D eigenvalue weighted by Gasteiger charge is -2.34. The van der Waals surface area contributed by atoms with Crippen LogP contribution >= 0.6 is 0 Å². The molecule has 9 heteroatoms. The summed E-state index contributed by atoms with van der Waals surface area (Å²) in [6.07, 6.45) is 0.269. The number of hydrogen-bond donors (Lipinski definition) is 1. The molecule has 1 N–H and O–H groups in total. The van der Waals surface area contributed by atoms with Crippen molar-refractivity contribution in [1.29, 1.82) is 0 Å². The van der Waals surface area contributed by atoms with Gasteiger partial charge in [0.25, 0.3) is 0 Å². The van der Waals surface area contributed by atoms with E-state index < -0.39 is 10.0 Å². The zero-order valence-corrected chi connectivity index (χ0v) is 19.8. The molecule has 2 aliphatic rings. The molecule has 33 heavy (non-hydrogen) atoms. The minimum atomic E-state index is -3.58. The Morgan fingerprint density at radius 1 is 1.00 bits per heavy atom. The number of carbonyl (C=O) groups excluding carboxylic acids is 2. The van der Waals surface area contributed by atoms with E-state index in [0.717, 1.165) is 11.1 Å². The molecule has 2 aliphatic heterocycles. The first-order valence-electron chi connectivity index (χ1n) is 11.2. The van der Waals surface area contributed by atoms with Crippen LogP contribution in [-0.4, -0.2) is 73.2 Å². The highest BCUT2D eigenvalue weighted by Gasteiger charge is 2.36. The van der Waals surface area contributed by atoms with Gasteiger partial charge in [0.1, 0.15) is 0 Å². The summed E-state index contributed by atoms with van der Waals surface area (Å²) in [5, 5.41) is 2.96. The first-order chi connectivity index (χ1) is 15.8. The van der Waals surface area contributed by atoms with Gasteiger partial charge in [-0.1, -0.05) is 48.0 Å². The number of likely N-dealkylation sites (tertiary alicyclic amines) is 1. The molecular formula is C24H30N4O4S. The smallest absolute Gasteiger partial charge is 0.317 e. The number of hydrogen-bond acceptors (Lipinski definition) is 4. The number of nitrogens with one attached hydrogen (secondary N) is 1. The van der Waals surface area contributed by atoms with Crippen molar-refractivity contribution in [1.82, 2.24) is 19.4 Å².